The van der Waals surface area contributed by atoms with Gasteiger partial charge in [-0.05, 0) is 19.9 Å². The van der Waals surface area contributed by atoms with Crippen molar-refractivity contribution in [3.05, 3.63) is 15.8 Å². The van der Waals surface area contributed by atoms with Crippen LogP contribution in [0.4, 0.5) is 11.5 Å². The van der Waals surface area contributed by atoms with Gasteiger partial charge in [0.15, 0.2) is 0 Å². The summed E-state index contributed by atoms with van der Waals surface area (Å²) in [5.41, 5.74) is 0.650. The van der Waals surface area contributed by atoms with Crippen molar-refractivity contribution in [1.29, 1.82) is 0 Å². The van der Waals surface area contributed by atoms with Crippen molar-refractivity contribution >= 4 is 11.5 Å². The van der Waals surface area contributed by atoms with Crippen molar-refractivity contribution in [2.45, 2.75) is 26.3 Å². The fourth-order valence-electron chi connectivity index (χ4n) is 3.88. The SMILES string of the molecule is CCN1CCN(C2CCN(c3c([N+](=O)[O-])c(C)nn3C)C2)CC1. The number of likely N-dealkylation sites (N-methyl/N-ethyl adjacent to an activating group) is 1. The second kappa shape index (κ2) is 6.45. The molecule has 128 valence electrons. The molecule has 2 aliphatic heterocycles. The number of rotatable bonds is 4. The van der Waals surface area contributed by atoms with E-state index in [2.05, 4.69) is 26.7 Å². The van der Waals surface area contributed by atoms with Crippen LogP contribution in [0.5, 0.6) is 0 Å². The first kappa shape index (κ1) is 16.2. The van der Waals surface area contributed by atoms with Gasteiger partial charge in [-0.25, -0.2) is 4.68 Å². The monoisotopic (exact) mass is 322 g/mol. The van der Waals surface area contributed by atoms with Gasteiger partial charge in [0.05, 0.1) is 4.92 Å². The van der Waals surface area contributed by atoms with Crippen molar-refractivity contribution in [2.24, 2.45) is 7.05 Å². The zero-order chi connectivity index (χ0) is 16.6. The van der Waals surface area contributed by atoms with Crippen molar-refractivity contribution in [2.75, 3.05) is 50.7 Å². The molecule has 0 spiro atoms. The van der Waals surface area contributed by atoms with Crippen LogP contribution in [0, 0.1) is 17.0 Å². The van der Waals surface area contributed by atoms with E-state index in [9.17, 15) is 10.1 Å². The zero-order valence-corrected chi connectivity index (χ0v) is 14.2. The van der Waals surface area contributed by atoms with Crippen LogP contribution in [0.2, 0.25) is 0 Å². The number of aromatic nitrogens is 2. The third-order valence-corrected chi connectivity index (χ3v) is 5.18. The first-order valence-corrected chi connectivity index (χ1v) is 8.40. The first-order valence-electron chi connectivity index (χ1n) is 8.40. The molecule has 0 bridgehead atoms. The summed E-state index contributed by atoms with van der Waals surface area (Å²) in [4.78, 5) is 18.2. The van der Waals surface area contributed by atoms with E-state index < -0.39 is 0 Å². The Morgan fingerprint density at radius 1 is 1.26 bits per heavy atom. The Kier molecular flexibility index (Phi) is 4.54. The molecule has 0 amide bonds. The van der Waals surface area contributed by atoms with E-state index in [0.29, 0.717) is 17.6 Å². The first-order chi connectivity index (χ1) is 11.0. The number of hydrogen-bond acceptors (Lipinski definition) is 6. The molecular weight excluding hydrogens is 296 g/mol. The maximum atomic E-state index is 11.4. The number of hydrogen-bond donors (Lipinski definition) is 0. The largest absolute Gasteiger partial charge is 0.349 e. The van der Waals surface area contributed by atoms with Gasteiger partial charge in [0, 0.05) is 52.4 Å². The molecule has 2 aliphatic rings. The van der Waals surface area contributed by atoms with Gasteiger partial charge in [0.2, 0.25) is 5.82 Å². The van der Waals surface area contributed by atoms with Gasteiger partial charge in [0.1, 0.15) is 5.69 Å². The second-order valence-corrected chi connectivity index (χ2v) is 6.50. The number of aryl methyl sites for hydroxylation is 2. The summed E-state index contributed by atoms with van der Waals surface area (Å²) in [7, 11) is 1.79. The lowest BCUT2D eigenvalue weighted by atomic mass is 10.2. The van der Waals surface area contributed by atoms with Gasteiger partial charge in [-0.1, -0.05) is 6.92 Å². The predicted octanol–water partition coefficient (Wildman–Crippen LogP) is 0.853. The lowest BCUT2D eigenvalue weighted by Gasteiger charge is -2.37. The van der Waals surface area contributed by atoms with Gasteiger partial charge in [-0.2, -0.15) is 5.10 Å². The standard InChI is InChI=1S/C15H26N6O2/c1-4-18-7-9-19(10-8-18)13-5-6-20(11-13)15-14(21(22)23)12(2)16-17(15)3/h13H,4-11H2,1-3H3. The van der Waals surface area contributed by atoms with Gasteiger partial charge in [-0.15, -0.1) is 0 Å². The summed E-state index contributed by atoms with van der Waals surface area (Å²) in [5.74, 6) is 0.655. The van der Waals surface area contributed by atoms with Gasteiger partial charge in [-0.3, -0.25) is 15.0 Å². The van der Waals surface area contributed by atoms with E-state index >= 15 is 0 Å². The van der Waals surface area contributed by atoms with Gasteiger partial charge in [0.25, 0.3) is 0 Å². The van der Waals surface area contributed by atoms with E-state index in [4.69, 9.17) is 0 Å². The third-order valence-electron chi connectivity index (χ3n) is 5.18. The highest BCUT2D eigenvalue weighted by molar-refractivity contribution is 5.61. The van der Waals surface area contributed by atoms with Crippen molar-refractivity contribution < 1.29 is 4.92 Å². The molecule has 2 fully saturated rings. The minimum atomic E-state index is -0.301. The summed E-state index contributed by atoms with van der Waals surface area (Å²) in [5, 5.41) is 15.6. The molecule has 1 aromatic heterocycles. The summed E-state index contributed by atoms with van der Waals surface area (Å²) in [6.07, 6.45) is 1.06. The highest BCUT2D eigenvalue weighted by Crippen LogP contribution is 2.33. The summed E-state index contributed by atoms with van der Waals surface area (Å²) < 4.78 is 1.66. The van der Waals surface area contributed by atoms with Crippen LogP contribution in [-0.4, -0.2) is 76.4 Å². The summed E-state index contributed by atoms with van der Waals surface area (Å²) in [6.45, 7) is 11.2. The lowest BCUT2D eigenvalue weighted by Crippen LogP contribution is -2.50. The molecule has 1 aromatic rings. The molecule has 3 heterocycles. The Hall–Kier alpha value is -1.67. The number of nitro groups is 1. The molecule has 0 saturated carbocycles. The van der Waals surface area contributed by atoms with Gasteiger partial charge >= 0.3 is 5.69 Å². The van der Waals surface area contributed by atoms with E-state index in [1.54, 1.807) is 18.7 Å². The maximum absolute atomic E-state index is 11.4. The Morgan fingerprint density at radius 2 is 1.96 bits per heavy atom. The molecule has 1 atom stereocenters. The fraction of sp³-hybridized carbons (Fsp3) is 0.800. The normalized spacial score (nSPS) is 23.6. The number of anilines is 1. The molecule has 1 unspecified atom stereocenters. The average molecular weight is 322 g/mol. The summed E-state index contributed by atoms with van der Waals surface area (Å²) >= 11 is 0. The van der Waals surface area contributed by atoms with Crippen molar-refractivity contribution in [3.8, 4) is 0 Å². The molecule has 2 saturated heterocycles. The minimum Gasteiger partial charge on any atom is -0.349 e. The van der Waals surface area contributed by atoms with Crippen LogP contribution in [0.1, 0.15) is 19.0 Å². The quantitative estimate of drug-likeness (QED) is 0.605. The molecule has 0 N–H and O–H groups in total. The van der Waals surface area contributed by atoms with Crippen LogP contribution in [-0.2, 0) is 7.05 Å². The second-order valence-electron chi connectivity index (χ2n) is 6.50. The number of piperazine rings is 1. The lowest BCUT2D eigenvalue weighted by molar-refractivity contribution is -0.384. The Labute approximate surface area is 136 Å². The topological polar surface area (TPSA) is 70.7 Å². The molecule has 8 nitrogen and oxygen atoms in total. The number of nitrogens with zero attached hydrogens (tertiary/aromatic N) is 6. The van der Waals surface area contributed by atoms with Crippen LogP contribution < -0.4 is 4.90 Å². The van der Waals surface area contributed by atoms with E-state index in [1.165, 1.54) is 0 Å². The Morgan fingerprint density at radius 3 is 2.57 bits per heavy atom. The average Bonchev–Trinajstić information content (AvgIpc) is 3.11. The Bertz CT molecular complexity index is 579. The molecule has 23 heavy (non-hydrogen) atoms. The smallest absolute Gasteiger partial charge is 0.333 e. The third kappa shape index (κ3) is 3.05. The molecule has 8 heteroatoms. The predicted molar refractivity (Wildman–Crippen MR) is 88.9 cm³/mol. The van der Waals surface area contributed by atoms with E-state index in [-0.39, 0.29) is 10.6 Å². The van der Waals surface area contributed by atoms with Crippen LogP contribution >= 0.6 is 0 Å². The molecule has 3 rings (SSSR count). The van der Waals surface area contributed by atoms with E-state index in [0.717, 1.165) is 52.2 Å². The molecular formula is C15H26N6O2. The zero-order valence-electron chi connectivity index (χ0n) is 14.2. The van der Waals surface area contributed by atoms with Crippen LogP contribution in [0.3, 0.4) is 0 Å². The van der Waals surface area contributed by atoms with Crippen LogP contribution in [0.15, 0.2) is 0 Å². The molecule has 0 aromatic carbocycles. The fourth-order valence-corrected chi connectivity index (χ4v) is 3.88. The Balaban J connectivity index is 1.70. The molecule has 0 aliphatic carbocycles. The van der Waals surface area contributed by atoms with Gasteiger partial charge < -0.3 is 9.80 Å². The van der Waals surface area contributed by atoms with Crippen molar-refractivity contribution in [1.82, 2.24) is 19.6 Å². The van der Waals surface area contributed by atoms with Crippen LogP contribution in [0.25, 0.3) is 0 Å². The summed E-state index contributed by atoms with van der Waals surface area (Å²) in [6, 6.07) is 0.490. The van der Waals surface area contributed by atoms with E-state index in [1.807, 2.05) is 0 Å². The molecule has 0 radical (unpaired) electrons. The highest BCUT2D eigenvalue weighted by atomic mass is 16.6. The maximum Gasteiger partial charge on any atom is 0.333 e. The van der Waals surface area contributed by atoms with Crippen molar-refractivity contribution in [3.63, 3.8) is 0 Å². The minimum absolute atomic E-state index is 0.156. The highest BCUT2D eigenvalue weighted by Gasteiger charge is 2.35.